The van der Waals surface area contributed by atoms with E-state index in [9.17, 15) is 5.11 Å². The van der Waals surface area contributed by atoms with Crippen LogP contribution in [0.4, 0.5) is 0 Å². The molecule has 0 spiro atoms. The predicted octanol–water partition coefficient (Wildman–Crippen LogP) is 4.47. The lowest BCUT2D eigenvalue weighted by molar-refractivity contribution is -0.199. The summed E-state index contributed by atoms with van der Waals surface area (Å²) in [5, 5.41) is 11.5. The summed E-state index contributed by atoms with van der Waals surface area (Å²) in [6, 6.07) is 8.17. The molecule has 1 aliphatic carbocycles. The molecular weight excluding hydrogens is 288 g/mol. The Morgan fingerprint density at radius 1 is 1.13 bits per heavy atom. The van der Waals surface area contributed by atoms with Crippen molar-refractivity contribution in [2.24, 2.45) is 0 Å². The molecule has 128 valence electrons. The summed E-state index contributed by atoms with van der Waals surface area (Å²) in [6.45, 7) is 10.1. The third kappa shape index (κ3) is 2.70. The average molecular weight is 318 g/mol. The molecule has 0 saturated heterocycles. The van der Waals surface area contributed by atoms with Gasteiger partial charge >= 0.3 is 0 Å². The highest BCUT2D eigenvalue weighted by atomic mass is 16.6. The number of unbranched alkanes of at least 4 members (excludes halogenated alkanes) is 1. The topological polar surface area (TPSA) is 38.7 Å². The van der Waals surface area contributed by atoms with E-state index in [0.717, 1.165) is 29.7 Å². The van der Waals surface area contributed by atoms with Crippen molar-refractivity contribution >= 4 is 0 Å². The summed E-state index contributed by atoms with van der Waals surface area (Å²) in [6.07, 6.45) is 2.68. The molecular formula is C20H30O3. The van der Waals surface area contributed by atoms with Crippen LogP contribution in [0.15, 0.2) is 35.6 Å². The molecule has 1 aromatic rings. The van der Waals surface area contributed by atoms with E-state index < -0.39 is 11.2 Å². The Morgan fingerprint density at radius 2 is 1.74 bits per heavy atom. The average Bonchev–Trinajstić information content (AvgIpc) is 2.53. The lowest BCUT2D eigenvalue weighted by Gasteiger charge is -2.56. The number of benzene rings is 1. The van der Waals surface area contributed by atoms with Gasteiger partial charge in [0.25, 0.3) is 0 Å². The van der Waals surface area contributed by atoms with Gasteiger partial charge in [0.1, 0.15) is 11.4 Å². The molecule has 1 aromatic carbocycles. The summed E-state index contributed by atoms with van der Waals surface area (Å²) in [7, 11) is 1.66. The van der Waals surface area contributed by atoms with Crippen LogP contribution in [-0.2, 0) is 15.1 Å². The van der Waals surface area contributed by atoms with E-state index in [1.165, 1.54) is 5.56 Å². The molecule has 0 aliphatic heterocycles. The van der Waals surface area contributed by atoms with Crippen LogP contribution in [0, 0.1) is 6.92 Å². The number of aryl methyl sites for hydroxylation is 1. The fourth-order valence-electron chi connectivity index (χ4n) is 3.58. The van der Waals surface area contributed by atoms with Crippen LogP contribution >= 0.6 is 0 Å². The third-order valence-corrected chi connectivity index (χ3v) is 4.87. The van der Waals surface area contributed by atoms with Gasteiger partial charge in [-0.15, -0.1) is 0 Å². The van der Waals surface area contributed by atoms with Gasteiger partial charge in [-0.25, -0.2) is 0 Å². The Kier molecular flexibility index (Phi) is 5.22. The number of ether oxygens (including phenoxy) is 2. The summed E-state index contributed by atoms with van der Waals surface area (Å²) in [5.41, 5.74) is 1.09. The molecule has 1 N–H and O–H groups in total. The van der Waals surface area contributed by atoms with E-state index in [2.05, 4.69) is 26.0 Å². The summed E-state index contributed by atoms with van der Waals surface area (Å²) in [4.78, 5) is 0. The molecule has 2 unspecified atom stereocenters. The molecule has 0 fully saturated rings. The predicted molar refractivity (Wildman–Crippen MR) is 93.3 cm³/mol. The van der Waals surface area contributed by atoms with Gasteiger partial charge in [0.2, 0.25) is 0 Å². The second-order valence-corrected chi connectivity index (χ2v) is 6.84. The molecule has 3 nitrogen and oxygen atoms in total. The zero-order valence-electron chi connectivity index (χ0n) is 15.3. The Morgan fingerprint density at radius 3 is 2.22 bits per heavy atom. The standard InChI is InChI=1S/C20H30O3/c1-7-8-13-19(21)16(5)18(23-14(2)3)20(19,22-6)17-11-9-15(4)10-12-17/h9-12,14,21H,7-8,13H2,1-6H3. The molecule has 0 radical (unpaired) electrons. The van der Waals surface area contributed by atoms with Gasteiger partial charge in [-0.3, -0.25) is 0 Å². The van der Waals surface area contributed by atoms with Gasteiger partial charge in [-0.2, -0.15) is 0 Å². The minimum absolute atomic E-state index is 0.0376. The number of rotatable bonds is 7. The fourth-order valence-corrected chi connectivity index (χ4v) is 3.58. The molecule has 3 heteroatoms. The SMILES string of the molecule is CCCCC1(O)C(C)=C(OC(C)C)C1(OC)c1ccc(C)cc1. The minimum atomic E-state index is -1.02. The van der Waals surface area contributed by atoms with Crippen LogP contribution in [0.25, 0.3) is 0 Å². The van der Waals surface area contributed by atoms with Crippen LogP contribution in [0.1, 0.15) is 58.1 Å². The lowest BCUT2D eigenvalue weighted by Crippen LogP contribution is -2.64. The number of methoxy groups -OCH3 is 1. The van der Waals surface area contributed by atoms with Crippen molar-refractivity contribution in [3.05, 3.63) is 46.7 Å². The molecule has 1 aliphatic rings. The molecule has 0 amide bonds. The zero-order valence-corrected chi connectivity index (χ0v) is 15.3. The monoisotopic (exact) mass is 318 g/mol. The highest BCUT2D eigenvalue weighted by molar-refractivity contribution is 5.52. The number of hydrogen-bond acceptors (Lipinski definition) is 3. The molecule has 0 heterocycles. The maximum Gasteiger partial charge on any atom is 0.182 e. The second kappa shape index (κ2) is 6.66. The highest BCUT2D eigenvalue weighted by Crippen LogP contribution is 2.59. The van der Waals surface area contributed by atoms with Crippen molar-refractivity contribution in [2.45, 2.75) is 71.2 Å². The van der Waals surface area contributed by atoms with Crippen molar-refractivity contribution in [3.8, 4) is 0 Å². The third-order valence-electron chi connectivity index (χ3n) is 4.87. The fraction of sp³-hybridized carbons (Fsp3) is 0.600. The molecule has 23 heavy (non-hydrogen) atoms. The van der Waals surface area contributed by atoms with Gasteiger partial charge in [0.15, 0.2) is 5.60 Å². The smallest absolute Gasteiger partial charge is 0.182 e. The van der Waals surface area contributed by atoms with E-state index in [0.29, 0.717) is 6.42 Å². The maximum absolute atomic E-state index is 11.5. The van der Waals surface area contributed by atoms with E-state index >= 15 is 0 Å². The summed E-state index contributed by atoms with van der Waals surface area (Å²) in [5.74, 6) is 0.762. The Hall–Kier alpha value is -1.32. The van der Waals surface area contributed by atoms with Crippen LogP contribution in [-0.4, -0.2) is 23.9 Å². The van der Waals surface area contributed by atoms with E-state index in [-0.39, 0.29) is 6.10 Å². The van der Waals surface area contributed by atoms with Crippen LogP contribution in [0.2, 0.25) is 0 Å². The Labute approximate surface area is 140 Å². The zero-order chi connectivity index (χ0) is 17.3. The normalized spacial score (nSPS) is 27.3. The summed E-state index contributed by atoms with van der Waals surface area (Å²) >= 11 is 0. The van der Waals surface area contributed by atoms with Crippen molar-refractivity contribution in [1.82, 2.24) is 0 Å². The quantitative estimate of drug-likeness (QED) is 0.806. The van der Waals surface area contributed by atoms with E-state index in [1.54, 1.807) is 7.11 Å². The van der Waals surface area contributed by atoms with Crippen molar-refractivity contribution in [1.29, 1.82) is 0 Å². The first kappa shape index (κ1) is 18.0. The first-order valence-corrected chi connectivity index (χ1v) is 8.56. The van der Waals surface area contributed by atoms with Crippen molar-refractivity contribution < 1.29 is 14.6 Å². The lowest BCUT2D eigenvalue weighted by atomic mass is 9.60. The van der Waals surface area contributed by atoms with Crippen molar-refractivity contribution in [3.63, 3.8) is 0 Å². The van der Waals surface area contributed by atoms with E-state index in [1.807, 2.05) is 32.9 Å². The number of aliphatic hydroxyl groups is 1. The van der Waals surface area contributed by atoms with Gasteiger partial charge in [0.05, 0.1) is 6.10 Å². The molecule has 0 bridgehead atoms. The van der Waals surface area contributed by atoms with Gasteiger partial charge in [-0.05, 0) is 39.7 Å². The van der Waals surface area contributed by atoms with E-state index in [4.69, 9.17) is 9.47 Å². The van der Waals surface area contributed by atoms with Gasteiger partial charge in [-0.1, -0.05) is 49.6 Å². The Balaban J connectivity index is 2.56. The second-order valence-electron chi connectivity index (χ2n) is 6.84. The minimum Gasteiger partial charge on any atom is -0.492 e. The molecule has 0 aromatic heterocycles. The van der Waals surface area contributed by atoms with Gasteiger partial charge in [0, 0.05) is 12.7 Å². The largest absolute Gasteiger partial charge is 0.492 e. The first-order chi connectivity index (χ1) is 10.8. The van der Waals surface area contributed by atoms with Crippen LogP contribution in [0.3, 0.4) is 0 Å². The first-order valence-electron chi connectivity index (χ1n) is 8.56. The Bertz CT molecular complexity index is 573. The van der Waals surface area contributed by atoms with Crippen LogP contribution < -0.4 is 0 Å². The molecule has 0 saturated carbocycles. The van der Waals surface area contributed by atoms with Gasteiger partial charge < -0.3 is 14.6 Å². The number of hydrogen-bond donors (Lipinski definition) is 1. The molecule has 2 rings (SSSR count). The maximum atomic E-state index is 11.5. The van der Waals surface area contributed by atoms with Crippen molar-refractivity contribution in [2.75, 3.05) is 7.11 Å². The molecule has 2 atom stereocenters. The summed E-state index contributed by atoms with van der Waals surface area (Å²) < 4.78 is 12.0. The van der Waals surface area contributed by atoms with Crippen LogP contribution in [0.5, 0.6) is 0 Å². The highest BCUT2D eigenvalue weighted by Gasteiger charge is 2.66.